The first-order chi connectivity index (χ1) is 7.30. The van der Waals surface area contributed by atoms with Crippen LogP contribution in [0.4, 0.5) is 0 Å². The molecule has 1 spiro atoms. The van der Waals surface area contributed by atoms with Crippen molar-refractivity contribution in [2.24, 2.45) is 11.3 Å². The van der Waals surface area contributed by atoms with E-state index in [1.807, 2.05) is 0 Å². The van der Waals surface area contributed by atoms with Crippen LogP contribution in [0.1, 0.15) is 25.7 Å². The molecule has 15 heavy (non-hydrogen) atoms. The fraction of sp³-hybridized carbons (Fsp3) is 1.00. The number of methoxy groups -OCH3 is 1. The third-order valence-electron chi connectivity index (χ3n) is 4.27. The van der Waals surface area contributed by atoms with Crippen molar-refractivity contribution in [1.29, 1.82) is 0 Å². The number of β-amino-alcohol motifs (C(OH)–C–C–N with tert-alkyl or cyclic N) is 1. The minimum absolute atomic E-state index is 0.287. The Morgan fingerprint density at radius 2 is 2.13 bits per heavy atom. The maximum atomic E-state index is 9.00. The van der Waals surface area contributed by atoms with Crippen LogP contribution in [-0.2, 0) is 4.74 Å². The standard InChI is InChI=1S/C12H23NO2/c1-15-9-11-8-13(6-7-14)10-12(11)4-2-3-5-12/h11,14H,2-10H2,1H3/t11-/m0/s1. The highest BCUT2D eigenvalue weighted by atomic mass is 16.5. The smallest absolute Gasteiger partial charge is 0.0558 e. The second-order valence-electron chi connectivity index (χ2n) is 5.18. The van der Waals surface area contributed by atoms with Gasteiger partial charge in [-0.2, -0.15) is 0 Å². The van der Waals surface area contributed by atoms with Crippen LogP contribution in [0.25, 0.3) is 0 Å². The zero-order valence-corrected chi connectivity index (χ0v) is 9.74. The van der Waals surface area contributed by atoms with Crippen LogP contribution >= 0.6 is 0 Å². The minimum Gasteiger partial charge on any atom is -0.395 e. The van der Waals surface area contributed by atoms with Gasteiger partial charge in [0.25, 0.3) is 0 Å². The van der Waals surface area contributed by atoms with Gasteiger partial charge in [0.1, 0.15) is 0 Å². The van der Waals surface area contributed by atoms with Gasteiger partial charge in [-0.25, -0.2) is 0 Å². The number of nitrogens with zero attached hydrogens (tertiary/aromatic N) is 1. The van der Waals surface area contributed by atoms with Gasteiger partial charge in [0.15, 0.2) is 0 Å². The van der Waals surface area contributed by atoms with E-state index in [1.165, 1.54) is 32.2 Å². The molecule has 1 saturated carbocycles. The highest BCUT2D eigenvalue weighted by Crippen LogP contribution is 2.48. The SMILES string of the molecule is COC[C@@H]1CN(CCO)CC12CCCC2. The van der Waals surface area contributed by atoms with Crippen LogP contribution in [0.15, 0.2) is 0 Å². The quantitative estimate of drug-likeness (QED) is 0.759. The zero-order valence-electron chi connectivity index (χ0n) is 9.74. The Morgan fingerprint density at radius 3 is 2.73 bits per heavy atom. The van der Waals surface area contributed by atoms with Gasteiger partial charge in [0, 0.05) is 32.7 Å². The third-order valence-corrected chi connectivity index (χ3v) is 4.27. The lowest BCUT2D eigenvalue weighted by atomic mass is 9.77. The molecule has 0 bridgehead atoms. The number of aliphatic hydroxyl groups excluding tert-OH is 1. The van der Waals surface area contributed by atoms with Crippen LogP contribution in [-0.4, -0.2) is 50.0 Å². The Morgan fingerprint density at radius 1 is 1.40 bits per heavy atom. The van der Waals surface area contributed by atoms with Gasteiger partial charge in [-0.05, 0) is 18.3 Å². The molecule has 1 heterocycles. The molecule has 1 N–H and O–H groups in total. The molecule has 3 nitrogen and oxygen atoms in total. The maximum Gasteiger partial charge on any atom is 0.0558 e. The molecule has 88 valence electrons. The van der Waals surface area contributed by atoms with E-state index >= 15 is 0 Å². The number of rotatable bonds is 4. The zero-order chi connectivity index (χ0) is 10.7. The van der Waals surface area contributed by atoms with Crippen LogP contribution in [0, 0.1) is 11.3 Å². The summed E-state index contributed by atoms with van der Waals surface area (Å²) in [4.78, 5) is 2.41. The maximum absolute atomic E-state index is 9.00. The molecule has 0 amide bonds. The molecule has 1 atom stereocenters. The van der Waals surface area contributed by atoms with E-state index in [4.69, 9.17) is 9.84 Å². The normalized spacial score (nSPS) is 30.4. The van der Waals surface area contributed by atoms with E-state index in [2.05, 4.69) is 4.90 Å². The monoisotopic (exact) mass is 213 g/mol. The van der Waals surface area contributed by atoms with Crippen molar-refractivity contribution < 1.29 is 9.84 Å². The van der Waals surface area contributed by atoms with Crippen molar-refractivity contribution >= 4 is 0 Å². The largest absolute Gasteiger partial charge is 0.395 e. The summed E-state index contributed by atoms with van der Waals surface area (Å²) in [6, 6.07) is 0. The molecule has 1 aliphatic heterocycles. The molecule has 0 aromatic carbocycles. The molecule has 0 unspecified atom stereocenters. The summed E-state index contributed by atoms with van der Waals surface area (Å²) in [5.74, 6) is 0.691. The summed E-state index contributed by atoms with van der Waals surface area (Å²) in [5, 5.41) is 9.00. The predicted octanol–water partition coefficient (Wildman–Crippen LogP) is 1.12. The molecule has 3 heteroatoms. The van der Waals surface area contributed by atoms with E-state index in [-0.39, 0.29) is 6.61 Å². The molecule has 2 rings (SSSR count). The second-order valence-corrected chi connectivity index (χ2v) is 5.18. The third kappa shape index (κ3) is 2.19. The Bertz CT molecular complexity index is 202. The molecule has 1 saturated heterocycles. The topological polar surface area (TPSA) is 32.7 Å². The summed E-state index contributed by atoms with van der Waals surface area (Å²) in [6.07, 6.45) is 5.49. The summed E-state index contributed by atoms with van der Waals surface area (Å²) < 4.78 is 5.35. The molecule has 0 aromatic heterocycles. The lowest BCUT2D eigenvalue weighted by molar-refractivity contribution is 0.0968. The molecule has 1 aliphatic carbocycles. The van der Waals surface area contributed by atoms with Crippen LogP contribution < -0.4 is 0 Å². The second kappa shape index (κ2) is 4.81. The lowest BCUT2D eigenvalue weighted by Gasteiger charge is -2.29. The van der Waals surface area contributed by atoms with Crippen molar-refractivity contribution in [3.05, 3.63) is 0 Å². The number of hydrogen-bond acceptors (Lipinski definition) is 3. The van der Waals surface area contributed by atoms with Crippen molar-refractivity contribution in [1.82, 2.24) is 4.90 Å². The lowest BCUT2D eigenvalue weighted by Crippen LogP contribution is -2.30. The van der Waals surface area contributed by atoms with Gasteiger partial charge in [0.2, 0.25) is 0 Å². The molecular formula is C12H23NO2. The fourth-order valence-corrected chi connectivity index (χ4v) is 3.53. The van der Waals surface area contributed by atoms with E-state index in [0.29, 0.717) is 11.3 Å². The van der Waals surface area contributed by atoms with Gasteiger partial charge in [0.05, 0.1) is 13.2 Å². The first-order valence-corrected chi connectivity index (χ1v) is 6.13. The number of likely N-dealkylation sites (tertiary alicyclic amines) is 1. The molecule has 2 fully saturated rings. The Kier molecular flexibility index (Phi) is 3.65. The number of aliphatic hydroxyl groups is 1. The van der Waals surface area contributed by atoms with Crippen molar-refractivity contribution in [2.75, 3.05) is 40.0 Å². The van der Waals surface area contributed by atoms with Gasteiger partial charge >= 0.3 is 0 Å². The Labute approximate surface area is 92.4 Å². The predicted molar refractivity (Wildman–Crippen MR) is 59.8 cm³/mol. The van der Waals surface area contributed by atoms with E-state index in [0.717, 1.165) is 19.7 Å². The number of ether oxygens (including phenoxy) is 1. The highest BCUT2D eigenvalue weighted by molar-refractivity contribution is 4.99. The van der Waals surface area contributed by atoms with Gasteiger partial charge < -0.3 is 14.7 Å². The minimum atomic E-state index is 0.287. The molecule has 0 radical (unpaired) electrons. The Balaban J connectivity index is 2.00. The molecular weight excluding hydrogens is 190 g/mol. The van der Waals surface area contributed by atoms with Crippen LogP contribution in [0.3, 0.4) is 0 Å². The van der Waals surface area contributed by atoms with Crippen molar-refractivity contribution in [2.45, 2.75) is 25.7 Å². The first-order valence-electron chi connectivity index (χ1n) is 6.13. The van der Waals surface area contributed by atoms with E-state index < -0.39 is 0 Å². The van der Waals surface area contributed by atoms with Gasteiger partial charge in [-0.15, -0.1) is 0 Å². The highest BCUT2D eigenvalue weighted by Gasteiger charge is 2.47. The Hall–Kier alpha value is -0.120. The van der Waals surface area contributed by atoms with E-state index in [9.17, 15) is 0 Å². The summed E-state index contributed by atoms with van der Waals surface area (Å²) in [7, 11) is 1.80. The molecule has 0 aromatic rings. The summed E-state index contributed by atoms with van der Waals surface area (Å²) >= 11 is 0. The number of hydrogen-bond donors (Lipinski definition) is 1. The van der Waals surface area contributed by atoms with Crippen LogP contribution in [0.5, 0.6) is 0 Å². The van der Waals surface area contributed by atoms with Gasteiger partial charge in [-0.3, -0.25) is 0 Å². The molecule has 2 aliphatic rings. The van der Waals surface area contributed by atoms with E-state index in [1.54, 1.807) is 7.11 Å². The average molecular weight is 213 g/mol. The summed E-state index contributed by atoms with van der Waals surface area (Å²) in [6.45, 7) is 4.32. The van der Waals surface area contributed by atoms with Crippen LogP contribution in [0.2, 0.25) is 0 Å². The van der Waals surface area contributed by atoms with Crippen molar-refractivity contribution in [3.8, 4) is 0 Å². The fourth-order valence-electron chi connectivity index (χ4n) is 3.53. The first kappa shape index (κ1) is 11.4. The summed E-state index contributed by atoms with van der Waals surface area (Å²) in [5.41, 5.74) is 0.519. The average Bonchev–Trinajstić information content (AvgIpc) is 2.79. The van der Waals surface area contributed by atoms with Gasteiger partial charge in [-0.1, -0.05) is 12.8 Å². The van der Waals surface area contributed by atoms with Crippen molar-refractivity contribution in [3.63, 3.8) is 0 Å².